The fourth-order valence-electron chi connectivity index (χ4n) is 3.01. The molecule has 0 saturated carbocycles. The number of carbonyl (C=O) groups is 1. The van der Waals surface area contributed by atoms with Crippen LogP contribution in [0.5, 0.6) is 0 Å². The summed E-state index contributed by atoms with van der Waals surface area (Å²) in [4.78, 5) is 16.8. The van der Waals surface area contributed by atoms with Gasteiger partial charge in [0.05, 0.1) is 11.0 Å². The first-order valence-electron chi connectivity index (χ1n) is 8.50. The Morgan fingerprint density at radius 1 is 1.20 bits per heavy atom. The normalized spacial score (nSPS) is 12.3. The van der Waals surface area contributed by atoms with Crippen LogP contribution in [-0.4, -0.2) is 27.1 Å². The first-order valence-corrected chi connectivity index (χ1v) is 8.50. The van der Waals surface area contributed by atoms with Crippen LogP contribution >= 0.6 is 0 Å². The van der Waals surface area contributed by atoms with Gasteiger partial charge in [0, 0.05) is 6.54 Å². The zero-order chi connectivity index (χ0) is 17.8. The molecule has 1 atom stereocenters. The summed E-state index contributed by atoms with van der Waals surface area (Å²) in [5, 5.41) is 12.9. The van der Waals surface area contributed by atoms with E-state index in [2.05, 4.69) is 29.4 Å². The zero-order valence-corrected chi connectivity index (χ0v) is 14.6. The van der Waals surface area contributed by atoms with Crippen LogP contribution in [0.4, 0.5) is 0 Å². The third-order valence-corrected chi connectivity index (χ3v) is 4.34. The number of para-hydroxylation sites is 2. The van der Waals surface area contributed by atoms with Crippen LogP contribution in [0.15, 0.2) is 48.5 Å². The van der Waals surface area contributed by atoms with Crippen molar-refractivity contribution in [3.05, 3.63) is 65.5 Å². The number of nitrogens with one attached hydrogen (secondary N) is 1. The largest absolute Gasteiger partial charge is 0.385 e. The zero-order valence-electron chi connectivity index (χ0n) is 14.6. The van der Waals surface area contributed by atoms with E-state index in [1.54, 1.807) is 11.5 Å². The smallest absolute Gasteiger partial charge is 0.240 e. The Hall–Kier alpha value is -2.66. The molecule has 0 fully saturated rings. The summed E-state index contributed by atoms with van der Waals surface area (Å²) in [6, 6.07) is 15.8. The van der Waals surface area contributed by atoms with Gasteiger partial charge in [-0.2, -0.15) is 0 Å². The minimum atomic E-state index is -0.729. The standard InChI is InChI=1S/C20H23N3O2/c1-14-7-3-4-8-16(14)11-12-21-19(25)13-23-18-10-6-5-9-17(18)22-20(23)15(2)24/h3-10,15,24H,11-13H2,1-2H3,(H,21,25)/t15-/m0/s1. The van der Waals surface area contributed by atoms with Gasteiger partial charge in [0.15, 0.2) is 0 Å². The maximum Gasteiger partial charge on any atom is 0.240 e. The molecule has 0 radical (unpaired) electrons. The minimum absolute atomic E-state index is 0.0846. The first kappa shape index (κ1) is 17.2. The van der Waals surface area contributed by atoms with Gasteiger partial charge in [-0.3, -0.25) is 4.79 Å². The Labute approximate surface area is 147 Å². The van der Waals surface area contributed by atoms with E-state index in [-0.39, 0.29) is 12.5 Å². The van der Waals surface area contributed by atoms with Crippen molar-refractivity contribution in [1.82, 2.24) is 14.9 Å². The number of aryl methyl sites for hydroxylation is 1. The highest BCUT2D eigenvalue weighted by Gasteiger charge is 2.16. The molecule has 2 aromatic carbocycles. The maximum absolute atomic E-state index is 12.4. The summed E-state index contributed by atoms with van der Waals surface area (Å²) in [7, 11) is 0. The summed E-state index contributed by atoms with van der Waals surface area (Å²) in [5.74, 6) is 0.425. The van der Waals surface area contributed by atoms with Crippen molar-refractivity contribution in [2.24, 2.45) is 0 Å². The van der Waals surface area contributed by atoms with Crippen molar-refractivity contribution in [3.63, 3.8) is 0 Å². The van der Waals surface area contributed by atoms with E-state index in [9.17, 15) is 9.90 Å². The van der Waals surface area contributed by atoms with Crippen molar-refractivity contribution in [2.75, 3.05) is 6.54 Å². The molecular weight excluding hydrogens is 314 g/mol. The monoisotopic (exact) mass is 337 g/mol. The number of rotatable bonds is 6. The molecule has 2 N–H and O–H groups in total. The lowest BCUT2D eigenvalue weighted by Crippen LogP contribution is -2.30. The molecule has 0 saturated heterocycles. The molecule has 25 heavy (non-hydrogen) atoms. The van der Waals surface area contributed by atoms with Crippen LogP contribution < -0.4 is 5.32 Å². The van der Waals surface area contributed by atoms with Crippen LogP contribution in [0.2, 0.25) is 0 Å². The van der Waals surface area contributed by atoms with E-state index >= 15 is 0 Å². The number of aliphatic hydroxyl groups is 1. The van der Waals surface area contributed by atoms with E-state index in [1.165, 1.54) is 11.1 Å². The van der Waals surface area contributed by atoms with Crippen LogP contribution in [0.1, 0.15) is 30.0 Å². The number of imidazole rings is 1. The number of hydrogen-bond acceptors (Lipinski definition) is 3. The number of aromatic nitrogens is 2. The van der Waals surface area contributed by atoms with Crippen molar-refractivity contribution in [1.29, 1.82) is 0 Å². The second-order valence-corrected chi connectivity index (χ2v) is 6.25. The average Bonchev–Trinajstić information content (AvgIpc) is 2.96. The summed E-state index contributed by atoms with van der Waals surface area (Å²) < 4.78 is 1.78. The fourth-order valence-corrected chi connectivity index (χ4v) is 3.01. The quantitative estimate of drug-likeness (QED) is 0.727. The summed E-state index contributed by atoms with van der Waals surface area (Å²) in [6.45, 7) is 4.46. The summed E-state index contributed by atoms with van der Waals surface area (Å²) >= 11 is 0. The number of amides is 1. The lowest BCUT2D eigenvalue weighted by Gasteiger charge is -2.12. The van der Waals surface area contributed by atoms with Gasteiger partial charge in [0.1, 0.15) is 18.5 Å². The molecule has 0 unspecified atom stereocenters. The average molecular weight is 337 g/mol. The predicted octanol–water partition coefficient (Wildman–Crippen LogP) is 2.76. The van der Waals surface area contributed by atoms with Crippen molar-refractivity contribution < 1.29 is 9.90 Å². The topological polar surface area (TPSA) is 67.2 Å². The summed E-state index contributed by atoms with van der Waals surface area (Å²) in [5.41, 5.74) is 4.10. The summed E-state index contributed by atoms with van der Waals surface area (Å²) in [6.07, 6.45) is 0.0685. The Morgan fingerprint density at radius 2 is 1.92 bits per heavy atom. The number of carbonyl (C=O) groups excluding carboxylic acids is 1. The predicted molar refractivity (Wildman–Crippen MR) is 98.3 cm³/mol. The molecule has 0 bridgehead atoms. The molecule has 1 aromatic heterocycles. The van der Waals surface area contributed by atoms with Crippen LogP contribution in [0.3, 0.4) is 0 Å². The van der Waals surface area contributed by atoms with Crippen molar-refractivity contribution in [3.8, 4) is 0 Å². The second kappa shape index (κ2) is 7.49. The molecule has 130 valence electrons. The molecule has 1 heterocycles. The van der Waals surface area contributed by atoms with E-state index in [0.29, 0.717) is 12.4 Å². The minimum Gasteiger partial charge on any atom is -0.385 e. The van der Waals surface area contributed by atoms with E-state index in [0.717, 1.165) is 17.5 Å². The lowest BCUT2D eigenvalue weighted by molar-refractivity contribution is -0.121. The number of nitrogens with zero attached hydrogens (tertiary/aromatic N) is 2. The van der Waals surface area contributed by atoms with Gasteiger partial charge in [-0.25, -0.2) is 4.98 Å². The molecule has 3 rings (SSSR count). The van der Waals surface area contributed by atoms with Gasteiger partial charge in [-0.05, 0) is 43.5 Å². The Kier molecular flexibility index (Phi) is 5.14. The highest BCUT2D eigenvalue weighted by atomic mass is 16.3. The van der Waals surface area contributed by atoms with E-state index in [1.807, 2.05) is 36.4 Å². The molecule has 0 spiro atoms. The lowest BCUT2D eigenvalue weighted by atomic mass is 10.1. The maximum atomic E-state index is 12.4. The number of hydrogen-bond donors (Lipinski definition) is 2. The van der Waals surface area contributed by atoms with Gasteiger partial charge in [-0.1, -0.05) is 36.4 Å². The van der Waals surface area contributed by atoms with E-state index < -0.39 is 6.10 Å². The second-order valence-electron chi connectivity index (χ2n) is 6.25. The molecule has 3 aromatic rings. The van der Waals surface area contributed by atoms with Gasteiger partial charge >= 0.3 is 0 Å². The van der Waals surface area contributed by atoms with Gasteiger partial charge in [-0.15, -0.1) is 0 Å². The SMILES string of the molecule is Cc1ccccc1CCNC(=O)Cn1c([C@H](C)O)nc2ccccc21. The number of benzene rings is 2. The van der Waals surface area contributed by atoms with Crippen molar-refractivity contribution >= 4 is 16.9 Å². The highest BCUT2D eigenvalue weighted by molar-refractivity contribution is 5.81. The fraction of sp³-hybridized carbons (Fsp3) is 0.300. The Bertz CT molecular complexity index is 884. The van der Waals surface area contributed by atoms with Gasteiger partial charge in [0.25, 0.3) is 0 Å². The van der Waals surface area contributed by atoms with Crippen molar-refractivity contribution in [2.45, 2.75) is 32.9 Å². The Balaban J connectivity index is 1.68. The first-order chi connectivity index (χ1) is 12.1. The highest BCUT2D eigenvalue weighted by Crippen LogP contribution is 2.20. The molecule has 0 aliphatic rings. The van der Waals surface area contributed by atoms with Gasteiger partial charge < -0.3 is 15.0 Å². The van der Waals surface area contributed by atoms with E-state index in [4.69, 9.17) is 0 Å². The van der Waals surface area contributed by atoms with Gasteiger partial charge in [0.2, 0.25) is 5.91 Å². The molecule has 0 aliphatic heterocycles. The Morgan fingerprint density at radius 3 is 2.68 bits per heavy atom. The molecular formula is C20H23N3O2. The number of aliphatic hydroxyl groups excluding tert-OH is 1. The number of fused-ring (bicyclic) bond motifs is 1. The van der Waals surface area contributed by atoms with Crippen LogP contribution in [-0.2, 0) is 17.8 Å². The molecule has 5 nitrogen and oxygen atoms in total. The van der Waals surface area contributed by atoms with Crippen LogP contribution in [0.25, 0.3) is 11.0 Å². The third kappa shape index (κ3) is 3.88. The molecule has 5 heteroatoms. The van der Waals surface area contributed by atoms with Crippen LogP contribution in [0, 0.1) is 6.92 Å². The third-order valence-electron chi connectivity index (χ3n) is 4.34. The molecule has 1 amide bonds. The molecule has 0 aliphatic carbocycles.